The van der Waals surface area contributed by atoms with Crippen LogP contribution >= 0.6 is 11.6 Å². The van der Waals surface area contributed by atoms with Gasteiger partial charge in [0.15, 0.2) is 0 Å². The average Bonchev–Trinajstić information content (AvgIpc) is 2.31. The Morgan fingerprint density at radius 1 is 1.70 bits per heavy atom. The summed E-state index contributed by atoms with van der Waals surface area (Å²) in [6.45, 7) is 3.14. The number of unbranched alkanes of at least 4 members (excludes halogenated alkanes) is 1. The maximum absolute atomic E-state index is 5.78. The van der Waals surface area contributed by atoms with Crippen molar-refractivity contribution in [2.24, 2.45) is 0 Å². The van der Waals surface area contributed by atoms with Crippen LogP contribution in [0.15, 0.2) is 12.5 Å². The van der Waals surface area contributed by atoms with Gasteiger partial charge in [-0.1, -0.05) is 24.9 Å². The van der Waals surface area contributed by atoms with E-state index in [1.165, 1.54) is 6.42 Å². The van der Waals surface area contributed by atoms with Gasteiger partial charge in [-0.25, -0.2) is 4.98 Å². The molecule has 0 aliphatic rings. The number of aryl methyl sites for hydroxylation is 1. The fourth-order valence-electron chi connectivity index (χ4n) is 0.798. The molecule has 2 nitrogen and oxygen atoms in total. The summed E-state index contributed by atoms with van der Waals surface area (Å²) in [5, 5.41) is 0.730. The van der Waals surface area contributed by atoms with Gasteiger partial charge in [-0.3, -0.25) is 0 Å². The van der Waals surface area contributed by atoms with Crippen LogP contribution in [0.1, 0.15) is 19.8 Å². The zero-order valence-electron chi connectivity index (χ0n) is 6.05. The molecule has 0 spiro atoms. The lowest BCUT2D eigenvalue weighted by Crippen LogP contribution is -1.94. The van der Waals surface area contributed by atoms with Crippen LogP contribution in [-0.2, 0) is 6.54 Å². The van der Waals surface area contributed by atoms with Crippen LogP contribution in [0.5, 0.6) is 0 Å². The van der Waals surface area contributed by atoms with Gasteiger partial charge < -0.3 is 4.57 Å². The molecule has 1 aromatic rings. The molecule has 0 aromatic carbocycles. The summed E-state index contributed by atoms with van der Waals surface area (Å²) in [5.74, 6) is 0. The number of halogens is 1. The summed E-state index contributed by atoms with van der Waals surface area (Å²) in [7, 11) is 0. The highest BCUT2D eigenvalue weighted by Crippen LogP contribution is 2.07. The predicted molar refractivity (Wildman–Crippen MR) is 42.1 cm³/mol. The Morgan fingerprint density at radius 2 is 2.50 bits per heavy atom. The zero-order chi connectivity index (χ0) is 7.40. The van der Waals surface area contributed by atoms with Crippen molar-refractivity contribution in [1.82, 2.24) is 9.55 Å². The molecular formula is C7H11ClN2. The summed E-state index contributed by atoms with van der Waals surface area (Å²) in [5.41, 5.74) is 0. The smallest absolute Gasteiger partial charge is 0.128 e. The van der Waals surface area contributed by atoms with E-state index >= 15 is 0 Å². The second kappa shape index (κ2) is 3.62. The highest BCUT2D eigenvalue weighted by molar-refractivity contribution is 6.29. The van der Waals surface area contributed by atoms with Crippen molar-refractivity contribution in [3.8, 4) is 0 Å². The van der Waals surface area contributed by atoms with E-state index in [9.17, 15) is 0 Å². The summed E-state index contributed by atoms with van der Waals surface area (Å²) in [4.78, 5) is 3.91. The van der Waals surface area contributed by atoms with Gasteiger partial charge in [0, 0.05) is 6.54 Å². The molecule has 0 fully saturated rings. The second-order valence-corrected chi connectivity index (χ2v) is 2.65. The van der Waals surface area contributed by atoms with Crippen LogP contribution in [0.2, 0.25) is 5.15 Å². The van der Waals surface area contributed by atoms with Crippen molar-refractivity contribution in [3.05, 3.63) is 17.7 Å². The summed E-state index contributed by atoms with van der Waals surface area (Å²) in [6, 6.07) is 0. The monoisotopic (exact) mass is 158 g/mol. The molecule has 56 valence electrons. The third kappa shape index (κ3) is 1.74. The Labute approximate surface area is 65.8 Å². The maximum atomic E-state index is 5.78. The molecule has 0 saturated carbocycles. The minimum absolute atomic E-state index is 0.730. The third-order valence-electron chi connectivity index (χ3n) is 1.41. The highest BCUT2D eigenvalue weighted by atomic mass is 35.5. The lowest BCUT2D eigenvalue weighted by molar-refractivity contribution is 0.632. The molecule has 1 rings (SSSR count). The number of nitrogens with zero attached hydrogens (tertiary/aromatic N) is 2. The number of aromatic nitrogens is 2. The molecule has 0 aliphatic carbocycles. The first-order chi connectivity index (χ1) is 4.84. The molecule has 0 radical (unpaired) electrons. The van der Waals surface area contributed by atoms with Gasteiger partial charge in [0.25, 0.3) is 0 Å². The van der Waals surface area contributed by atoms with Gasteiger partial charge in [0.2, 0.25) is 0 Å². The molecule has 0 saturated heterocycles. The highest BCUT2D eigenvalue weighted by Gasteiger charge is 1.94. The number of imidazole rings is 1. The normalized spacial score (nSPS) is 10.2. The van der Waals surface area contributed by atoms with E-state index in [0.717, 1.165) is 18.1 Å². The second-order valence-electron chi connectivity index (χ2n) is 2.26. The van der Waals surface area contributed by atoms with E-state index in [1.54, 1.807) is 12.5 Å². The van der Waals surface area contributed by atoms with Crippen molar-refractivity contribution < 1.29 is 0 Å². The number of hydrogen-bond acceptors (Lipinski definition) is 1. The summed E-state index contributed by atoms with van der Waals surface area (Å²) >= 11 is 5.78. The van der Waals surface area contributed by atoms with Gasteiger partial charge >= 0.3 is 0 Å². The third-order valence-corrected chi connectivity index (χ3v) is 1.73. The maximum Gasteiger partial charge on any atom is 0.128 e. The molecule has 3 heteroatoms. The van der Waals surface area contributed by atoms with Gasteiger partial charge in [0.1, 0.15) is 5.15 Å². The van der Waals surface area contributed by atoms with E-state index in [0.29, 0.717) is 0 Å². The fraction of sp³-hybridized carbons (Fsp3) is 0.571. The molecule has 0 aliphatic heterocycles. The topological polar surface area (TPSA) is 17.8 Å². The molecule has 1 heterocycles. The lowest BCUT2D eigenvalue weighted by Gasteiger charge is -1.99. The first kappa shape index (κ1) is 7.61. The minimum atomic E-state index is 0.730. The molecule has 0 unspecified atom stereocenters. The van der Waals surface area contributed by atoms with E-state index in [4.69, 9.17) is 11.6 Å². The summed E-state index contributed by atoms with van der Waals surface area (Å²) in [6.07, 6.45) is 5.78. The fourth-order valence-corrected chi connectivity index (χ4v) is 0.982. The Balaban J connectivity index is 2.49. The van der Waals surface area contributed by atoms with Crippen LogP contribution < -0.4 is 0 Å². The van der Waals surface area contributed by atoms with E-state index in [-0.39, 0.29) is 0 Å². The standard InChI is InChI=1S/C7H11ClN2/c1-2-3-4-10-6-9-5-7(10)8/h5-6H,2-4H2,1H3. The van der Waals surface area contributed by atoms with Crippen molar-refractivity contribution in [3.63, 3.8) is 0 Å². The van der Waals surface area contributed by atoms with Crippen molar-refractivity contribution in [2.75, 3.05) is 0 Å². The average molecular weight is 159 g/mol. The van der Waals surface area contributed by atoms with E-state index < -0.39 is 0 Å². The van der Waals surface area contributed by atoms with Gasteiger partial charge in [0.05, 0.1) is 12.5 Å². The van der Waals surface area contributed by atoms with Crippen molar-refractivity contribution in [2.45, 2.75) is 26.3 Å². The molecular weight excluding hydrogens is 148 g/mol. The molecule has 1 aromatic heterocycles. The quantitative estimate of drug-likeness (QED) is 0.661. The summed E-state index contributed by atoms with van der Waals surface area (Å²) < 4.78 is 1.95. The molecule has 0 N–H and O–H groups in total. The first-order valence-electron chi connectivity index (χ1n) is 3.50. The minimum Gasteiger partial charge on any atom is -0.322 e. The van der Waals surface area contributed by atoms with Gasteiger partial charge in [-0.05, 0) is 6.42 Å². The van der Waals surface area contributed by atoms with E-state index in [2.05, 4.69) is 11.9 Å². The van der Waals surface area contributed by atoms with Crippen LogP contribution in [0, 0.1) is 0 Å². The van der Waals surface area contributed by atoms with Crippen LogP contribution in [0.25, 0.3) is 0 Å². The van der Waals surface area contributed by atoms with Crippen LogP contribution in [-0.4, -0.2) is 9.55 Å². The Bertz CT molecular complexity index is 195. The molecule has 10 heavy (non-hydrogen) atoms. The lowest BCUT2D eigenvalue weighted by atomic mass is 10.3. The van der Waals surface area contributed by atoms with Crippen molar-refractivity contribution in [1.29, 1.82) is 0 Å². The van der Waals surface area contributed by atoms with E-state index in [1.807, 2.05) is 4.57 Å². The Hall–Kier alpha value is -0.500. The predicted octanol–water partition coefficient (Wildman–Crippen LogP) is 2.34. The first-order valence-corrected chi connectivity index (χ1v) is 3.88. The Morgan fingerprint density at radius 3 is 3.00 bits per heavy atom. The van der Waals surface area contributed by atoms with Gasteiger partial charge in [-0.2, -0.15) is 0 Å². The van der Waals surface area contributed by atoms with Gasteiger partial charge in [-0.15, -0.1) is 0 Å². The number of hydrogen-bond donors (Lipinski definition) is 0. The Kier molecular flexibility index (Phi) is 2.75. The van der Waals surface area contributed by atoms with Crippen molar-refractivity contribution >= 4 is 11.6 Å². The molecule has 0 amide bonds. The van der Waals surface area contributed by atoms with Crippen LogP contribution in [0.4, 0.5) is 0 Å². The SMILES string of the molecule is CCCCn1cncc1Cl. The largest absolute Gasteiger partial charge is 0.322 e. The van der Waals surface area contributed by atoms with Crippen LogP contribution in [0.3, 0.4) is 0 Å². The number of rotatable bonds is 3. The molecule has 0 atom stereocenters. The molecule has 0 bridgehead atoms. The zero-order valence-corrected chi connectivity index (χ0v) is 6.80.